The Hall–Kier alpha value is -2.74. The van der Waals surface area contributed by atoms with E-state index in [1.54, 1.807) is 18.2 Å². The highest BCUT2D eigenvalue weighted by molar-refractivity contribution is 5.90. The minimum absolute atomic E-state index is 0.299. The van der Waals surface area contributed by atoms with E-state index < -0.39 is 23.8 Å². The Balaban J connectivity index is 1.70. The molecule has 0 amide bonds. The SMILES string of the molecule is CC(C)(CCc1ccc(O)c(OC(F)(F)F)c1)N1Cc2cccc(C(=O)O)c2C1. The van der Waals surface area contributed by atoms with Gasteiger partial charge >= 0.3 is 12.3 Å². The van der Waals surface area contributed by atoms with Crippen molar-refractivity contribution < 1.29 is 32.9 Å². The molecule has 5 nitrogen and oxygen atoms in total. The van der Waals surface area contributed by atoms with E-state index in [0.29, 0.717) is 37.1 Å². The molecule has 0 fully saturated rings. The van der Waals surface area contributed by atoms with Crippen LogP contribution in [-0.4, -0.2) is 33.0 Å². The van der Waals surface area contributed by atoms with Gasteiger partial charge in [-0.15, -0.1) is 13.2 Å². The molecule has 156 valence electrons. The summed E-state index contributed by atoms with van der Waals surface area (Å²) in [5, 5.41) is 19.0. The molecular formula is C21H22F3NO4. The average molecular weight is 409 g/mol. The minimum Gasteiger partial charge on any atom is -0.504 e. The van der Waals surface area contributed by atoms with Crippen molar-refractivity contribution in [2.24, 2.45) is 0 Å². The fourth-order valence-corrected chi connectivity index (χ4v) is 3.58. The first-order chi connectivity index (χ1) is 13.5. The molecule has 1 heterocycles. The molecule has 2 N–H and O–H groups in total. The third kappa shape index (κ3) is 4.82. The van der Waals surface area contributed by atoms with Crippen LogP contribution in [0.5, 0.6) is 11.5 Å². The van der Waals surface area contributed by atoms with Crippen LogP contribution in [0.15, 0.2) is 36.4 Å². The number of phenolic OH excluding ortho intramolecular Hbond substituents is 1. The molecule has 2 aromatic carbocycles. The molecular weight excluding hydrogens is 387 g/mol. The van der Waals surface area contributed by atoms with Crippen molar-refractivity contribution in [3.63, 3.8) is 0 Å². The van der Waals surface area contributed by atoms with Crippen molar-refractivity contribution >= 4 is 5.97 Å². The Morgan fingerprint density at radius 3 is 2.55 bits per heavy atom. The molecule has 0 unspecified atom stereocenters. The number of hydrogen-bond acceptors (Lipinski definition) is 4. The van der Waals surface area contributed by atoms with Gasteiger partial charge in [0.15, 0.2) is 11.5 Å². The fourth-order valence-electron chi connectivity index (χ4n) is 3.58. The van der Waals surface area contributed by atoms with Crippen LogP contribution in [0.4, 0.5) is 13.2 Å². The molecule has 0 aliphatic carbocycles. The Labute approximate surface area is 166 Å². The number of ether oxygens (including phenoxy) is 1. The lowest BCUT2D eigenvalue weighted by atomic mass is 9.93. The zero-order valence-electron chi connectivity index (χ0n) is 16.1. The van der Waals surface area contributed by atoms with Gasteiger partial charge < -0.3 is 14.9 Å². The highest BCUT2D eigenvalue weighted by Gasteiger charge is 2.34. The summed E-state index contributed by atoms with van der Waals surface area (Å²) < 4.78 is 41.3. The molecule has 0 radical (unpaired) electrons. The van der Waals surface area contributed by atoms with Crippen molar-refractivity contribution in [3.05, 3.63) is 58.7 Å². The van der Waals surface area contributed by atoms with E-state index in [2.05, 4.69) is 9.64 Å². The van der Waals surface area contributed by atoms with Crippen LogP contribution in [0.1, 0.15) is 47.3 Å². The van der Waals surface area contributed by atoms with Crippen molar-refractivity contribution in [1.82, 2.24) is 4.90 Å². The molecule has 0 saturated heterocycles. The summed E-state index contributed by atoms with van der Waals surface area (Å²) in [6.07, 6.45) is -3.78. The molecule has 0 bridgehead atoms. The predicted molar refractivity (Wildman–Crippen MR) is 99.8 cm³/mol. The van der Waals surface area contributed by atoms with Gasteiger partial charge in [0.1, 0.15) is 0 Å². The Kier molecular flexibility index (Phi) is 5.49. The summed E-state index contributed by atoms with van der Waals surface area (Å²) >= 11 is 0. The maximum atomic E-state index is 12.5. The highest BCUT2D eigenvalue weighted by atomic mass is 19.4. The van der Waals surface area contributed by atoms with Gasteiger partial charge in [-0.3, -0.25) is 4.90 Å². The number of aromatic carboxylic acids is 1. The molecule has 0 aromatic heterocycles. The number of benzene rings is 2. The zero-order chi connectivity index (χ0) is 21.4. The number of nitrogens with zero attached hydrogens (tertiary/aromatic N) is 1. The largest absolute Gasteiger partial charge is 0.573 e. The van der Waals surface area contributed by atoms with Gasteiger partial charge in [0.25, 0.3) is 0 Å². The lowest BCUT2D eigenvalue weighted by Gasteiger charge is -2.35. The lowest BCUT2D eigenvalue weighted by molar-refractivity contribution is -0.275. The number of hydrogen-bond donors (Lipinski definition) is 2. The van der Waals surface area contributed by atoms with Crippen LogP contribution in [0, 0.1) is 0 Å². The third-order valence-corrected chi connectivity index (χ3v) is 5.35. The van der Waals surface area contributed by atoms with Crippen LogP contribution in [0.2, 0.25) is 0 Å². The van der Waals surface area contributed by atoms with Crippen molar-refractivity contribution in [2.45, 2.75) is 51.7 Å². The summed E-state index contributed by atoms with van der Waals surface area (Å²) in [6, 6.07) is 9.19. The normalized spacial score (nSPS) is 14.7. The fraction of sp³-hybridized carbons (Fsp3) is 0.381. The first kappa shape index (κ1) is 21.0. The van der Waals surface area contributed by atoms with Crippen LogP contribution < -0.4 is 4.74 Å². The maximum absolute atomic E-state index is 12.5. The molecule has 1 aliphatic rings. The highest BCUT2D eigenvalue weighted by Crippen LogP contribution is 2.35. The van der Waals surface area contributed by atoms with Crippen LogP contribution >= 0.6 is 0 Å². The third-order valence-electron chi connectivity index (χ3n) is 5.35. The molecule has 0 saturated carbocycles. The van der Waals surface area contributed by atoms with Crippen LogP contribution in [0.3, 0.4) is 0 Å². The number of fused-ring (bicyclic) bond motifs is 1. The average Bonchev–Trinajstić information content (AvgIpc) is 3.06. The zero-order valence-corrected chi connectivity index (χ0v) is 16.1. The number of halogens is 3. The number of carboxylic acid groups (broad SMARTS) is 1. The van der Waals surface area contributed by atoms with Gasteiger partial charge in [0.05, 0.1) is 5.56 Å². The molecule has 0 atom stereocenters. The summed E-state index contributed by atoms with van der Waals surface area (Å²) in [4.78, 5) is 13.6. The Morgan fingerprint density at radius 1 is 1.17 bits per heavy atom. The van der Waals surface area contributed by atoms with Crippen molar-refractivity contribution in [3.8, 4) is 11.5 Å². The van der Waals surface area contributed by atoms with Gasteiger partial charge in [-0.1, -0.05) is 18.2 Å². The van der Waals surface area contributed by atoms with Gasteiger partial charge in [0, 0.05) is 18.6 Å². The number of aromatic hydroxyl groups is 1. The molecule has 1 aliphatic heterocycles. The number of phenols is 1. The van der Waals surface area contributed by atoms with E-state index in [0.717, 1.165) is 11.1 Å². The number of alkyl halides is 3. The number of rotatable bonds is 6. The molecule has 2 aromatic rings. The summed E-state index contributed by atoms with van der Waals surface area (Å²) in [7, 11) is 0. The van der Waals surface area contributed by atoms with E-state index in [9.17, 15) is 28.2 Å². The first-order valence-corrected chi connectivity index (χ1v) is 9.13. The van der Waals surface area contributed by atoms with E-state index in [1.807, 2.05) is 19.9 Å². The monoisotopic (exact) mass is 409 g/mol. The van der Waals surface area contributed by atoms with Gasteiger partial charge in [-0.05, 0) is 61.6 Å². The van der Waals surface area contributed by atoms with E-state index >= 15 is 0 Å². The van der Waals surface area contributed by atoms with Gasteiger partial charge in [-0.25, -0.2) is 4.79 Å². The summed E-state index contributed by atoms with van der Waals surface area (Å²) in [5.41, 5.74) is 2.37. The first-order valence-electron chi connectivity index (χ1n) is 9.13. The molecule has 29 heavy (non-hydrogen) atoms. The number of carboxylic acids is 1. The predicted octanol–water partition coefficient (Wildman–Crippen LogP) is 4.72. The van der Waals surface area contributed by atoms with Crippen molar-refractivity contribution in [2.75, 3.05) is 0 Å². The summed E-state index contributed by atoms with van der Waals surface area (Å²) in [6.45, 7) is 5.16. The topological polar surface area (TPSA) is 70.0 Å². The Bertz CT molecular complexity index is 925. The number of aryl methyl sites for hydroxylation is 1. The number of carbonyl (C=O) groups is 1. The van der Waals surface area contributed by atoms with Gasteiger partial charge in [-0.2, -0.15) is 0 Å². The van der Waals surface area contributed by atoms with Crippen molar-refractivity contribution in [1.29, 1.82) is 0 Å². The lowest BCUT2D eigenvalue weighted by Crippen LogP contribution is -2.40. The second-order valence-electron chi connectivity index (χ2n) is 7.77. The van der Waals surface area contributed by atoms with Crippen LogP contribution in [-0.2, 0) is 19.5 Å². The maximum Gasteiger partial charge on any atom is 0.573 e. The molecule has 3 rings (SSSR count). The summed E-state index contributed by atoms with van der Waals surface area (Å²) in [5.74, 6) is -2.14. The standard InChI is InChI=1S/C21H22F3NO4/c1-20(2,25-11-14-4-3-5-15(19(27)28)16(14)12-25)9-8-13-6-7-17(26)18(10-13)29-21(22,23)24/h3-7,10,26H,8-9,11-12H2,1-2H3,(H,27,28). The van der Waals surface area contributed by atoms with Gasteiger partial charge in [0.2, 0.25) is 0 Å². The minimum atomic E-state index is -4.88. The molecule has 0 spiro atoms. The van der Waals surface area contributed by atoms with E-state index in [1.165, 1.54) is 12.1 Å². The quantitative estimate of drug-likeness (QED) is 0.723. The van der Waals surface area contributed by atoms with E-state index in [-0.39, 0.29) is 5.54 Å². The smallest absolute Gasteiger partial charge is 0.504 e. The second kappa shape index (κ2) is 7.59. The molecule has 8 heteroatoms. The Morgan fingerprint density at radius 2 is 1.90 bits per heavy atom. The second-order valence-corrected chi connectivity index (χ2v) is 7.77. The van der Waals surface area contributed by atoms with Crippen LogP contribution in [0.25, 0.3) is 0 Å². The van der Waals surface area contributed by atoms with E-state index in [4.69, 9.17) is 0 Å².